The minimum atomic E-state index is 0.658. The summed E-state index contributed by atoms with van der Waals surface area (Å²) in [7, 11) is 2.16. The van der Waals surface area contributed by atoms with Crippen LogP contribution >= 0.6 is 0 Å². The Kier molecular flexibility index (Phi) is 12.1. The van der Waals surface area contributed by atoms with Crippen molar-refractivity contribution in [2.24, 2.45) is 0 Å². The van der Waals surface area contributed by atoms with Gasteiger partial charge in [-0.3, -0.25) is 0 Å². The van der Waals surface area contributed by atoms with Gasteiger partial charge in [-0.15, -0.1) is 0 Å². The highest BCUT2D eigenvalue weighted by Crippen LogP contribution is 2.05. The maximum absolute atomic E-state index is 5.59. The molecule has 0 radical (unpaired) electrons. The molecule has 0 bridgehead atoms. The van der Waals surface area contributed by atoms with Gasteiger partial charge in [0.1, 0.15) is 0 Å². The summed E-state index contributed by atoms with van der Waals surface area (Å²) in [5, 5.41) is 3.52. The molecule has 0 aromatic heterocycles. The fraction of sp³-hybridized carbons (Fsp3) is 1.00. The molecule has 0 saturated carbocycles. The molecule has 1 fully saturated rings. The second-order valence-electron chi connectivity index (χ2n) is 5.75. The molecule has 0 spiro atoms. The van der Waals surface area contributed by atoms with Crippen LogP contribution in [-0.4, -0.2) is 77.3 Å². The molecule has 5 nitrogen and oxygen atoms in total. The van der Waals surface area contributed by atoms with Gasteiger partial charge in [-0.2, -0.15) is 0 Å². The summed E-state index contributed by atoms with van der Waals surface area (Å²) in [4.78, 5) is 2.34. The number of hydrogen-bond donors (Lipinski definition) is 1. The molecule has 126 valence electrons. The van der Waals surface area contributed by atoms with Crippen LogP contribution in [0.25, 0.3) is 0 Å². The van der Waals surface area contributed by atoms with Gasteiger partial charge in [0.15, 0.2) is 0 Å². The van der Waals surface area contributed by atoms with Crippen molar-refractivity contribution in [3.8, 4) is 0 Å². The maximum atomic E-state index is 5.59. The molecule has 1 aliphatic heterocycles. The smallest absolute Gasteiger partial charge is 0.0701 e. The lowest BCUT2D eigenvalue weighted by atomic mass is 10.2. The summed E-state index contributed by atoms with van der Waals surface area (Å²) >= 11 is 0. The standard InChI is InChI=1S/C16H34N2O3/c1-3-4-9-19-11-13-21-14-12-20-10-8-18(2)15-16-6-5-7-17-16/h16-17H,3-15H2,1-2H3. The van der Waals surface area contributed by atoms with E-state index in [0.29, 0.717) is 32.5 Å². The molecule has 0 aliphatic carbocycles. The summed E-state index contributed by atoms with van der Waals surface area (Å²) in [5.41, 5.74) is 0. The molecule has 1 N–H and O–H groups in total. The largest absolute Gasteiger partial charge is 0.379 e. The molecular weight excluding hydrogens is 268 g/mol. The van der Waals surface area contributed by atoms with E-state index < -0.39 is 0 Å². The Morgan fingerprint density at radius 3 is 2.29 bits per heavy atom. The number of ether oxygens (including phenoxy) is 3. The predicted molar refractivity (Wildman–Crippen MR) is 85.9 cm³/mol. The molecule has 1 atom stereocenters. The van der Waals surface area contributed by atoms with Gasteiger partial charge in [0.2, 0.25) is 0 Å². The van der Waals surface area contributed by atoms with Gasteiger partial charge in [-0.25, -0.2) is 0 Å². The zero-order valence-corrected chi connectivity index (χ0v) is 13.9. The molecule has 21 heavy (non-hydrogen) atoms. The molecule has 1 heterocycles. The fourth-order valence-electron chi connectivity index (χ4n) is 2.39. The van der Waals surface area contributed by atoms with Crippen LogP contribution in [0, 0.1) is 0 Å². The second-order valence-corrected chi connectivity index (χ2v) is 5.75. The second kappa shape index (κ2) is 13.5. The number of likely N-dealkylation sites (N-methyl/N-ethyl adjacent to an activating group) is 1. The number of nitrogens with zero attached hydrogens (tertiary/aromatic N) is 1. The average Bonchev–Trinajstić information content (AvgIpc) is 2.97. The monoisotopic (exact) mass is 302 g/mol. The van der Waals surface area contributed by atoms with Crippen LogP contribution < -0.4 is 5.32 Å². The highest BCUT2D eigenvalue weighted by Gasteiger charge is 2.15. The van der Waals surface area contributed by atoms with Gasteiger partial charge in [0, 0.05) is 25.7 Å². The van der Waals surface area contributed by atoms with Crippen molar-refractivity contribution in [3.63, 3.8) is 0 Å². The molecule has 1 aliphatic rings. The first-order chi connectivity index (χ1) is 10.3. The van der Waals surface area contributed by atoms with Crippen LogP contribution in [0.5, 0.6) is 0 Å². The van der Waals surface area contributed by atoms with Gasteiger partial charge in [-0.05, 0) is 32.9 Å². The van der Waals surface area contributed by atoms with Crippen molar-refractivity contribution in [3.05, 3.63) is 0 Å². The van der Waals surface area contributed by atoms with Gasteiger partial charge in [-0.1, -0.05) is 13.3 Å². The lowest BCUT2D eigenvalue weighted by Gasteiger charge is -2.20. The summed E-state index contributed by atoms with van der Waals surface area (Å²) in [5.74, 6) is 0. The van der Waals surface area contributed by atoms with E-state index in [2.05, 4.69) is 24.2 Å². The van der Waals surface area contributed by atoms with E-state index in [0.717, 1.165) is 32.7 Å². The zero-order valence-electron chi connectivity index (χ0n) is 13.9. The quantitative estimate of drug-likeness (QED) is 0.493. The SMILES string of the molecule is CCCCOCCOCCOCCN(C)CC1CCCN1. The first kappa shape index (κ1) is 18.8. The molecule has 0 amide bonds. The number of unbranched alkanes of at least 4 members (excludes halogenated alkanes) is 1. The highest BCUT2D eigenvalue weighted by atomic mass is 16.5. The average molecular weight is 302 g/mol. The van der Waals surface area contributed by atoms with Crippen LogP contribution in [0.4, 0.5) is 0 Å². The van der Waals surface area contributed by atoms with Gasteiger partial charge >= 0.3 is 0 Å². The summed E-state index contributed by atoms with van der Waals surface area (Å²) < 4.78 is 16.5. The first-order valence-electron chi connectivity index (χ1n) is 8.48. The Bertz CT molecular complexity index is 224. The third-order valence-electron chi connectivity index (χ3n) is 3.70. The molecule has 0 aromatic rings. The van der Waals surface area contributed by atoms with Gasteiger partial charge < -0.3 is 24.4 Å². The third kappa shape index (κ3) is 11.1. The highest BCUT2D eigenvalue weighted by molar-refractivity contribution is 4.76. The topological polar surface area (TPSA) is 43.0 Å². The Hall–Kier alpha value is -0.200. The number of nitrogens with one attached hydrogen (secondary N) is 1. The van der Waals surface area contributed by atoms with Crippen molar-refractivity contribution < 1.29 is 14.2 Å². The van der Waals surface area contributed by atoms with Crippen LogP contribution in [0.1, 0.15) is 32.6 Å². The molecule has 1 saturated heterocycles. The Morgan fingerprint density at radius 2 is 1.67 bits per heavy atom. The summed E-state index contributed by atoms with van der Waals surface area (Å²) in [6.07, 6.45) is 4.93. The summed E-state index contributed by atoms with van der Waals surface area (Å²) in [6, 6.07) is 0.672. The van der Waals surface area contributed by atoms with Crippen LogP contribution in [-0.2, 0) is 14.2 Å². The van der Waals surface area contributed by atoms with Gasteiger partial charge in [0.05, 0.1) is 33.0 Å². The van der Waals surface area contributed by atoms with Crippen molar-refractivity contribution in [1.29, 1.82) is 0 Å². The maximum Gasteiger partial charge on any atom is 0.0701 e. The minimum Gasteiger partial charge on any atom is -0.379 e. The summed E-state index contributed by atoms with van der Waals surface area (Å²) in [6.45, 7) is 9.76. The Labute approximate surface area is 130 Å². The third-order valence-corrected chi connectivity index (χ3v) is 3.70. The molecule has 0 aromatic carbocycles. The van der Waals surface area contributed by atoms with E-state index in [1.165, 1.54) is 25.8 Å². The van der Waals surface area contributed by atoms with E-state index in [-0.39, 0.29) is 0 Å². The van der Waals surface area contributed by atoms with E-state index in [1.807, 2.05) is 0 Å². The van der Waals surface area contributed by atoms with Crippen LogP contribution in [0.2, 0.25) is 0 Å². The molecule has 1 rings (SSSR count). The predicted octanol–water partition coefficient (Wildman–Crippen LogP) is 1.52. The lowest BCUT2D eigenvalue weighted by Crippen LogP contribution is -2.36. The van der Waals surface area contributed by atoms with E-state index >= 15 is 0 Å². The van der Waals surface area contributed by atoms with Crippen molar-refractivity contribution in [2.75, 3.05) is 66.3 Å². The van der Waals surface area contributed by atoms with E-state index in [9.17, 15) is 0 Å². The molecule has 5 heteroatoms. The van der Waals surface area contributed by atoms with E-state index in [4.69, 9.17) is 14.2 Å². The number of hydrogen-bond acceptors (Lipinski definition) is 5. The number of rotatable bonds is 14. The minimum absolute atomic E-state index is 0.658. The lowest BCUT2D eigenvalue weighted by molar-refractivity contribution is 0.0109. The normalized spacial score (nSPS) is 18.7. The molecular formula is C16H34N2O3. The van der Waals surface area contributed by atoms with Crippen molar-refractivity contribution >= 4 is 0 Å². The van der Waals surface area contributed by atoms with Gasteiger partial charge in [0.25, 0.3) is 0 Å². The van der Waals surface area contributed by atoms with Crippen molar-refractivity contribution in [1.82, 2.24) is 10.2 Å². The zero-order chi connectivity index (χ0) is 15.2. The van der Waals surface area contributed by atoms with Crippen LogP contribution in [0.15, 0.2) is 0 Å². The van der Waals surface area contributed by atoms with Crippen molar-refractivity contribution in [2.45, 2.75) is 38.6 Å². The first-order valence-corrected chi connectivity index (χ1v) is 8.48. The Morgan fingerprint density at radius 1 is 1.00 bits per heavy atom. The van der Waals surface area contributed by atoms with E-state index in [1.54, 1.807) is 0 Å². The van der Waals surface area contributed by atoms with Crippen LogP contribution in [0.3, 0.4) is 0 Å². The molecule has 1 unspecified atom stereocenters. The Balaban J connectivity index is 1.75. The fourth-order valence-corrected chi connectivity index (χ4v) is 2.39.